The molecule has 0 atom stereocenters. The molecule has 3 heterocycles. The normalized spacial score (nSPS) is 11.7. The highest BCUT2D eigenvalue weighted by atomic mass is 16.3. The summed E-state index contributed by atoms with van der Waals surface area (Å²) in [6.45, 7) is 0. The monoisotopic (exact) mass is 766 g/mol. The fourth-order valence-electron chi connectivity index (χ4n) is 8.73. The molecule has 9 aromatic carbocycles. The van der Waals surface area contributed by atoms with Crippen molar-refractivity contribution in [3.8, 4) is 62.1 Å². The summed E-state index contributed by atoms with van der Waals surface area (Å²) in [6.07, 6.45) is 0. The van der Waals surface area contributed by atoms with Crippen LogP contribution in [-0.2, 0) is 0 Å². The van der Waals surface area contributed by atoms with Crippen LogP contribution in [0.15, 0.2) is 211 Å². The Labute approximate surface area is 345 Å². The lowest BCUT2D eigenvalue weighted by molar-refractivity contribution is 0.669. The molecule has 12 aromatic rings. The Morgan fingerprint density at radius 1 is 0.333 bits per heavy atom. The van der Waals surface area contributed by atoms with E-state index < -0.39 is 0 Å². The highest BCUT2D eigenvalue weighted by Crippen LogP contribution is 2.43. The Morgan fingerprint density at radius 2 is 0.833 bits per heavy atom. The number of nitrogens with zero attached hydrogens (tertiary/aromatic N) is 4. The van der Waals surface area contributed by atoms with Crippen molar-refractivity contribution in [3.63, 3.8) is 0 Å². The standard InChI is InChI=1S/C55H34N4O/c1-3-13-35(14-4-1)37-23-27-39(28-24-37)53-56-54(40-29-25-38(26-30-40)36-15-5-2-6-16-36)58-55(57-53)51-48(32-31-45-44-20-10-12-22-50(44)60-52(45)51)59-47-21-11-9-19-43(47)46-33-41-17-7-8-18-42(41)34-49(46)59/h1-34H. The van der Waals surface area contributed by atoms with Gasteiger partial charge >= 0.3 is 0 Å². The Hall–Kier alpha value is -8.15. The second-order valence-electron chi connectivity index (χ2n) is 15.2. The average molecular weight is 767 g/mol. The smallest absolute Gasteiger partial charge is 0.170 e. The molecule has 0 bridgehead atoms. The van der Waals surface area contributed by atoms with E-state index in [9.17, 15) is 0 Å². The van der Waals surface area contributed by atoms with Gasteiger partial charge < -0.3 is 8.98 Å². The van der Waals surface area contributed by atoms with Gasteiger partial charge in [-0.2, -0.15) is 0 Å². The molecule has 0 unspecified atom stereocenters. The molecule has 0 saturated heterocycles. The van der Waals surface area contributed by atoms with Gasteiger partial charge in [0.15, 0.2) is 17.5 Å². The van der Waals surface area contributed by atoms with Gasteiger partial charge in [0.2, 0.25) is 0 Å². The van der Waals surface area contributed by atoms with Gasteiger partial charge in [0.25, 0.3) is 0 Å². The minimum absolute atomic E-state index is 0.528. The summed E-state index contributed by atoms with van der Waals surface area (Å²) in [4.78, 5) is 15.9. The van der Waals surface area contributed by atoms with Crippen LogP contribution in [0.2, 0.25) is 0 Å². The molecule has 0 fully saturated rings. The first-order valence-electron chi connectivity index (χ1n) is 20.2. The number of furan rings is 1. The van der Waals surface area contributed by atoms with Crippen molar-refractivity contribution in [3.05, 3.63) is 206 Å². The third-order valence-electron chi connectivity index (χ3n) is 11.7. The van der Waals surface area contributed by atoms with Crippen molar-refractivity contribution in [2.75, 3.05) is 0 Å². The quantitative estimate of drug-likeness (QED) is 0.169. The molecule has 3 aromatic heterocycles. The van der Waals surface area contributed by atoms with Gasteiger partial charge in [-0.15, -0.1) is 0 Å². The molecule has 12 rings (SSSR count). The summed E-state index contributed by atoms with van der Waals surface area (Å²) in [7, 11) is 0. The van der Waals surface area contributed by atoms with Crippen LogP contribution in [0, 0.1) is 0 Å². The minimum Gasteiger partial charge on any atom is -0.455 e. The van der Waals surface area contributed by atoms with Crippen LogP contribution < -0.4 is 0 Å². The van der Waals surface area contributed by atoms with E-state index in [-0.39, 0.29) is 0 Å². The van der Waals surface area contributed by atoms with E-state index in [0.29, 0.717) is 17.5 Å². The predicted molar refractivity (Wildman–Crippen MR) is 246 cm³/mol. The van der Waals surface area contributed by atoms with E-state index >= 15 is 0 Å². The molecule has 0 N–H and O–H groups in total. The number of benzene rings is 9. The summed E-state index contributed by atoms with van der Waals surface area (Å²) in [5.41, 5.74) is 11.8. The summed E-state index contributed by atoms with van der Waals surface area (Å²) in [5.74, 6) is 1.68. The molecule has 60 heavy (non-hydrogen) atoms. The van der Waals surface area contributed by atoms with E-state index in [4.69, 9.17) is 19.4 Å². The van der Waals surface area contributed by atoms with Gasteiger partial charge in [0.05, 0.1) is 22.3 Å². The summed E-state index contributed by atoms with van der Waals surface area (Å²) < 4.78 is 9.23. The lowest BCUT2D eigenvalue weighted by Gasteiger charge is -2.15. The number of fused-ring (bicyclic) bond motifs is 7. The lowest BCUT2D eigenvalue weighted by atomic mass is 10.0. The maximum Gasteiger partial charge on any atom is 0.170 e. The van der Waals surface area contributed by atoms with Gasteiger partial charge in [-0.05, 0) is 69.4 Å². The maximum absolute atomic E-state index is 6.88. The van der Waals surface area contributed by atoms with Crippen molar-refractivity contribution < 1.29 is 4.42 Å². The molecular formula is C55H34N4O. The predicted octanol–water partition coefficient (Wildman–Crippen LogP) is 14.4. The van der Waals surface area contributed by atoms with Gasteiger partial charge in [0.1, 0.15) is 11.2 Å². The van der Waals surface area contributed by atoms with Crippen LogP contribution in [0.4, 0.5) is 0 Å². The average Bonchev–Trinajstić information content (AvgIpc) is 3.86. The highest BCUT2D eigenvalue weighted by molar-refractivity contribution is 6.16. The van der Waals surface area contributed by atoms with Crippen molar-refractivity contribution in [2.45, 2.75) is 0 Å². The van der Waals surface area contributed by atoms with Crippen LogP contribution in [0.3, 0.4) is 0 Å². The molecule has 0 saturated carbocycles. The highest BCUT2D eigenvalue weighted by Gasteiger charge is 2.25. The first-order chi connectivity index (χ1) is 29.7. The number of hydrogen-bond donors (Lipinski definition) is 0. The molecular weight excluding hydrogens is 733 g/mol. The molecule has 0 spiro atoms. The summed E-state index contributed by atoms with van der Waals surface area (Å²) >= 11 is 0. The maximum atomic E-state index is 6.88. The summed E-state index contributed by atoms with van der Waals surface area (Å²) in [6, 6.07) is 72.1. The van der Waals surface area contributed by atoms with E-state index in [2.05, 4.69) is 187 Å². The van der Waals surface area contributed by atoms with Crippen molar-refractivity contribution in [1.29, 1.82) is 0 Å². The summed E-state index contributed by atoms with van der Waals surface area (Å²) in [5, 5.41) is 6.75. The number of aromatic nitrogens is 4. The fraction of sp³-hybridized carbons (Fsp3) is 0. The molecule has 0 aliphatic rings. The van der Waals surface area contributed by atoms with E-state index in [1.54, 1.807) is 0 Å². The SMILES string of the molecule is c1ccc(-c2ccc(-c3nc(-c4ccc(-c5ccccc5)cc4)nc(-c4c(-n5c6ccccc6c6cc7ccccc7cc65)ccc5c4oc4ccccc45)n3)cc2)cc1. The zero-order valence-corrected chi connectivity index (χ0v) is 32.3. The third kappa shape index (κ3) is 5.59. The zero-order chi connectivity index (χ0) is 39.6. The molecule has 0 radical (unpaired) electrons. The Morgan fingerprint density at radius 3 is 1.48 bits per heavy atom. The first kappa shape index (κ1) is 33.9. The van der Waals surface area contributed by atoms with Gasteiger partial charge in [-0.3, -0.25) is 0 Å². The molecule has 5 nitrogen and oxygen atoms in total. The van der Waals surface area contributed by atoms with Crippen LogP contribution >= 0.6 is 0 Å². The Kier molecular flexibility index (Phi) is 7.78. The zero-order valence-electron chi connectivity index (χ0n) is 32.3. The number of rotatable bonds is 6. The lowest BCUT2D eigenvalue weighted by Crippen LogP contribution is -2.04. The Balaban J connectivity index is 1.14. The molecule has 0 aliphatic carbocycles. The second kappa shape index (κ2) is 13.8. The van der Waals surface area contributed by atoms with E-state index in [1.807, 2.05) is 24.3 Å². The molecule has 280 valence electrons. The fourth-order valence-corrected chi connectivity index (χ4v) is 8.73. The minimum atomic E-state index is 0.528. The van der Waals surface area contributed by atoms with Crippen LogP contribution in [0.25, 0.3) is 117 Å². The Bertz CT molecular complexity index is 3470. The first-order valence-corrected chi connectivity index (χ1v) is 20.2. The second-order valence-corrected chi connectivity index (χ2v) is 15.2. The van der Waals surface area contributed by atoms with Crippen molar-refractivity contribution in [1.82, 2.24) is 19.5 Å². The topological polar surface area (TPSA) is 56.7 Å². The van der Waals surface area contributed by atoms with Gasteiger partial charge in [0, 0.05) is 32.7 Å². The van der Waals surface area contributed by atoms with Crippen molar-refractivity contribution in [2.24, 2.45) is 0 Å². The van der Waals surface area contributed by atoms with Crippen LogP contribution in [0.1, 0.15) is 0 Å². The van der Waals surface area contributed by atoms with Crippen molar-refractivity contribution >= 4 is 54.5 Å². The van der Waals surface area contributed by atoms with E-state index in [1.165, 1.54) is 21.5 Å². The number of hydrogen-bond acceptors (Lipinski definition) is 4. The molecule has 0 aliphatic heterocycles. The van der Waals surface area contributed by atoms with Gasteiger partial charge in [-0.1, -0.05) is 170 Å². The largest absolute Gasteiger partial charge is 0.455 e. The van der Waals surface area contributed by atoms with E-state index in [0.717, 1.165) is 77.6 Å². The molecule has 5 heteroatoms. The molecule has 0 amide bonds. The van der Waals surface area contributed by atoms with Gasteiger partial charge in [-0.25, -0.2) is 15.0 Å². The van der Waals surface area contributed by atoms with Crippen LogP contribution in [0.5, 0.6) is 0 Å². The van der Waals surface area contributed by atoms with Crippen LogP contribution in [-0.4, -0.2) is 19.5 Å². The third-order valence-corrected chi connectivity index (χ3v) is 11.7. The number of para-hydroxylation sites is 2.